The van der Waals surface area contributed by atoms with Crippen LogP contribution in [0.1, 0.15) is 25.7 Å². The van der Waals surface area contributed by atoms with Crippen molar-refractivity contribution >= 4 is 23.2 Å². The SMILES string of the molecule is CN(c1nc2ccc(Cl)cn2n1)C1CC2CCC(C1)N2. The van der Waals surface area contributed by atoms with Gasteiger partial charge in [0.25, 0.3) is 0 Å². The van der Waals surface area contributed by atoms with Gasteiger partial charge in [-0.2, -0.15) is 4.98 Å². The van der Waals surface area contributed by atoms with Gasteiger partial charge in [-0.15, -0.1) is 5.10 Å². The van der Waals surface area contributed by atoms with Crippen molar-refractivity contribution in [3.63, 3.8) is 0 Å². The Bertz CT molecular complexity index is 628. The first kappa shape index (κ1) is 12.4. The summed E-state index contributed by atoms with van der Waals surface area (Å²) in [6.07, 6.45) is 6.78. The van der Waals surface area contributed by atoms with Gasteiger partial charge in [0.1, 0.15) is 0 Å². The van der Waals surface area contributed by atoms with Crippen LogP contribution < -0.4 is 10.2 Å². The minimum Gasteiger partial charge on any atom is -0.339 e. The molecule has 2 bridgehead atoms. The van der Waals surface area contributed by atoms with Gasteiger partial charge in [0.05, 0.1) is 5.02 Å². The Morgan fingerprint density at radius 1 is 1.30 bits per heavy atom. The zero-order valence-corrected chi connectivity index (χ0v) is 12.2. The highest BCUT2D eigenvalue weighted by Gasteiger charge is 2.35. The lowest BCUT2D eigenvalue weighted by Gasteiger charge is -2.34. The van der Waals surface area contributed by atoms with Crippen molar-refractivity contribution in [1.82, 2.24) is 19.9 Å². The molecule has 0 saturated carbocycles. The molecule has 0 radical (unpaired) electrons. The molecule has 0 aromatic carbocycles. The molecule has 2 fully saturated rings. The number of rotatable bonds is 2. The number of halogens is 1. The summed E-state index contributed by atoms with van der Waals surface area (Å²) in [4.78, 5) is 6.83. The lowest BCUT2D eigenvalue weighted by Crippen LogP contribution is -2.47. The second-order valence-electron chi connectivity index (χ2n) is 5.94. The van der Waals surface area contributed by atoms with Crippen LogP contribution >= 0.6 is 11.6 Å². The van der Waals surface area contributed by atoms with Crippen LogP contribution in [0, 0.1) is 0 Å². The molecule has 2 aliphatic heterocycles. The van der Waals surface area contributed by atoms with Gasteiger partial charge in [-0.25, -0.2) is 4.52 Å². The van der Waals surface area contributed by atoms with Gasteiger partial charge in [0.15, 0.2) is 5.65 Å². The van der Waals surface area contributed by atoms with Crippen LogP contribution in [0.25, 0.3) is 5.65 Å². The van der Waals surface area contributed by atoms with Gasteiger partial charge >= 0.3 is 0 Å². The van der Waals surface area contributed by atoms with Crippen LogP contribution in [-0.4, -0.2) is 39.8 Å². The van der Waals surface area contributed by atoms with Gasteiger partial charge in [-0.3, -0.25) is 0 Å². The average Bonchev–Trinajstić information content (AvgIpc) is 3.00. The van der Waals surface area contributed by atoms with Crippen LogP contribution in [0.5, 0.6) is 0 Å². The number of pyridine rings is 1. The highest BCUT2D eigenvalue weighted by Crippen LogP contribution is 2.30. The van der Waals surface area contributed by atoms with E-state index in [0.29, 0.717) is 23.1 Å². The molecule has 0 spiro atoms. The summed E-state index contributed by atoms with van der Waals surface area (Å²) in [5.74, 6) is 0.790. The normalized spacial score (nSPS) is 29.0. The molecule has 2 aromatic rings. The molecule has 4 rings (SSSR count). The van der Waals surface area contributed by atoms with Crippen LogP contribution in [0.2, 0.25) is 5.02 Å². The average molecular weight is 292 g/mol. The molecular weight excluding hydrogens is 274 g/mol. The Morgan fingerprint density at radius 3 is 2.80 bits per heavy atom. The zero-order valence-electron chi connectivity index (χ0n) is 11.5. The third kappa shape index (κ3) is 2.05. The third-order valence-corrected chi connectivity index (χ3v) is 4.82. The predicted octanol–water partition coefficient (Wildman–Crippen LogP) is 2.10. The summed E-state index contributed by atoms with van der Waals surface area (Å²) in [7, 11) is 2.10. The molecule has 5 nitrogen and oxygen atoms in total. The summed E-state index contributed by atoms with van der Waals surface area (Å²) >= 11 is 5.99. The maximum atomic E-state index is 5.99. The van der Waals surface area contributed by atoms with E-state index in [1.807, 2.05) is 12.1 Å². The van der Waals surface area contributed by atoms with Gasteiger partial charge < -0.3 is 10.2 Å². The van der Waals surface area contributed by atoms with Gasteiger partial charge in [-0.1, -0.05) is 11.6 Å². The minimum atomic E-state index is 0.529. The number of nitrogens with zero attached hydrogens (tertiary/aromatic N) is 4. The fourth-order valence-electron chi connectivity index (χ4n) is 3.50. The fourth-order valence-corrected chi connectivity index (χ4v) is 3.66. The fraction of sp³-hybridized carbons (Fsp3) is 0.571. The molecule has 6 heteroatoms. The Morgan fingerprint density at radius 2 is 2.05 bits per heavy atom. The van der Waals surface area contributed by atoms with Gasteiger partial charge in [-0.05, 0) is 37.8 Å². The van der Waals surface area contributed by atoms with E-state index >= 15 is 0 Å². The van der Waals surface area contributed by atoms with E-state index in [1.54, 1.807) is 10.7 Å². The zero-order chi connectivity index (χ0) is 13.7. The number of nitrogens with one attached hydrogen (secondary N) is 1. The minimum absolute atomic E-state index is 0.529. The van der Waals surface area contributed by atoms with Crippen LogP contribution in [0.15, 0.2) is 18.3 Å². The van der Waals surface area contributed by atoms with E-state index in [2.05, 4.69) is 27.3 Å². The van der Waals surface area contributed by atoms with Gasteiger partial charge in [0.2, 0.25) is 5.95 Å². The summed E-state index contributed by atoms with van der Waals surface area (Å²) in [6, 6.07) is 5.63. The standard InChI is InChI=1S/C14H18ClN5/c1-19(12-6-10-3-4-11(7-12)16-10)14-17-13-5-2-9(15)8-20(13)18-14/h2,5,8,10-12,16H,3-4,6-7H2,1H3. The van der Waals surface area contributed by atoms with Crippen molar-refractivity contribution in [2.24, 2.45) is 0 Å². The molecule has 2 saturated heterocycles. The summed E-state index contributed by atoms with van der Waals surface area (Å²) in [5, 5.41) is 8.89. The largest absolute Gasteiger partial charge is 0.339 e. The Labute approximate surface area is 122 Å². The second kappa shape index (κ2) is 4.60. The smallest absolute Gasteiger partial charge is 0.245 e. The van der Waals surface area contributed by atoms with E-state index in [-0.39, 0.29) is 0 Å². The number of aromatic nitrogens is 3. The van der Waals surface area contributed by atoms with Crippen LogP contribution in [0.3, 0.4) is 0 Å². The van der Waals surface area contributed by atoms with Crippen molar-refractivity contribution in [1.29, 1.82) is 0 Å². The first-order valence-corrected chi connectivity index (χ1v) is 7.57. The molecule has 4 heterocycles. The summed E-state index contributed by atoms with van der Waals surface area (Å²) < 4.78 is 1.75. The monoisotopic (exact) mass is 291 g/mol. The number of hydrogen-bond donors (Lipinski definition) is 1. The molecular formula is C14H18ClN5. The molecule has 106 valence electrons. The molecule has 2 aromatic heterocycles. The highest BCUT2D eigenvalue weighted by atomic mass is 35.5. The van der Waals surface area contributed by atoms with Crippen molar-refractivity contribution in [3.8, 4) is 0 Å². The first-order valence-electron chi connectivity index (χ1n) is 7.20. The first-order chi connectivity index (χ1) is 9.69. The van der Waals surface area contributed by atoms with Crippen molar-refractivity contribution in [2.75, 3.05) is 11.9 Å². The number of anilines is 1. The van der Waals surface area contributed by atoms with E-state index in [4.69, 9.17) is 11.6 Å². The lowest BCUT2D eigenvalue weighted by molar-refractivity contribution is 0.353. The molecule has 0 amide bonds. The maximum Gasteiger partial charge on any atom is 0.245 e. The number of hydrogen-bond acceptors (Lipinski definition) is 4. The van der Waals surface area contributed by atoms with E-state index < -0.39 is 0 Å². The molecule has 2 aliphatic rings. The molecule has 1 N–H and O–H groups in total. The summed E-state index contributed by atoms with van der Waals surface area (Å²) in [6.45, 7) is 0. The molecule has 2 unspecified atom stereocenters. The molecule has 20 heavy (non-hydrogen) atoms. The topological polar surface area (TPSA) is 45.5 Å². The van der Waals surface area contributed by atoms with Crippen molar-refractivity contribution < 1.29 is 0 Å². The third-order valence-electron chi connectivity index (χ3n) is 4.60. The quantitative estimate of drug-likeness (QED) is 0.920. The Hall–Kier alpha value is -1.33. The predicted molar refractivity (Wildman–Crippen MR) is 79.4 cm³/mol. The van der Waals surface area contributed by atoms with E-state index in [9.17, 15) is 0 Å². The van der Waals surface area contributed by atoms with Crippen LogP contribution in [0.4, 0.5) is 5.95 Å². The van der Waals surface area contributed by atoms with Crippen molar-refractivity contribution in [3.05, 3.63) is 23.4 Å². The number of piperidine rings is 1. The van der Waals surface area contributed by atoms with Gasteiger partial charge in [0, 0.05) is 31.4 Å². The Kier molecular flexibility index (Phi) is 2.86. The number of fused-ring (bicyclic) bond motifs is 3. The lowest BCUT2D eigenvalue weighted by atomic mass is 9.99. The Balaban J connectivity index is 1.61. The van der Waals surface area contributed by atoms with Crippen molar-refractivity contribution in [2.45, 2.75) is 43.8 Å². The summed E-state index contributed by atoms with van der Waals surface area (Å²) in [5.41, 5.74) is 0.841. The van der Waals surface area contributed by atoms with Crippen LogP contribution in [-0.2, 0) is 0 Å². The molecule has 2 atom stereocenters. The van der Waals surface area contributed by atoms with E-state index in [0.717, 1.165) is 11.6 Å². The molecule has 0 aliphatic carbocycles. The maximum absolute atomic E-state index is 5.99. The van der Waals surface area contributed by atoms with E-state index in [1.165, 1.54) is 25.7 Å². The highest BCUT2D eigenvalue weighted by molar-refractivity contribution is 6.30. The second-order valence-corrected chi connectivity index (χ2v) is 6.37.